The van der Waals surface area contributed by atoms with Gasteiger partial charge in [-0.1, -0.05) is 18.2 Å². The Morgan fingerprint density at radius 1 is 1.21 bits per heavy atom. The number of anilines is 2. The molecule has 0 bridgehead atoms. The standard InChI is InChI=1S/C21H24N6O/c1-15-17(20-25-23-14-26(20)2)8-5-9-18(15)24-21(28)16-7-6-12-27(13-16)19-10-3-4-11-22-19/h3-5,8-11,14,16H,6-7,12-13H2,1-2H3,(H,24,28). The van der Waals surface area contributed by atoms with Crippen molar-refractivity contribution in [1.82, 2.24) is 19.7 Å². The summed E-state index contributed by atoms with van der Waals surface area (Å²) in [5.74, 6) is 1.71. The van der Waals surface area contributed by atoms with Gasteiger partial charge < -0.3 is 14.8 Å². The first-order valence-corrected chi connectivity index (χ1v) is 9.54. The van der Waals surface area contributed by atoms with Crippen molar-refractivity contribution in [3.05, 3.63) is 54.5 Å². The van der Waals surface area contributed by atoms with Crippen LogP contribution in [0.15, 0.2) is 48.9 Å². The summed E-state index contributed by atoms with van der Waals surface area (Å²) in [6.45, 7) is 3.62. The van der Waals surface area contributed by atoms with Gasteiger partial charge in [-0.3, -0.25) is 4.79 Å². The lowest BCUT2D eigenvalue weighted by Gasteiger charge is -2.33. The third kappa shape index (κ3) is 3.60. The predicted octanol–water partition coefficient (Wildman–Crippen LogP) is 3.04. The number of aryl methyl sites for hydroxylation is 1. The summed E-state index contributed by atoms with van der Waals surface area (Å²) >= 11 is 0. The molecule has 1 unspecified atom stereocenters. The largest absolute Gasteiger partial charge is 0.356 e. The SMILES string of the molecule is Cc1c(NC(=O)C2CCCN(c3ccccn3)C2)cccc1-c1nncn1C. The van der Waals surface area contributed by atoms with Crippen LogP contribution in [0.2, 0.25) is 0 Å². The minimum absolute atomic E-state index is 0.0545. The van der Waals surface area contributed by atoms with Crippen LogP contribution in [0.25, 0.3) is 11.4 Å². The molecule has 28 heavy (non-hydrogen) atoms. The van der Waals surface area contributed by atoms with E-state index in [0.717, 1.165) is 47.8 Å². The molecule has 144 valence electrons. The second kappa shape index (κ2) is 7.80. The van der Waals surface area contributed by atoms with Crippen LogP contribution in [-0.4, -0.2) is 38.7 Å². The van der Waals surface area contributed by atoms with Crippen molar-refractivity contribution in [2.24, 2.45) is 13.0 Å². The fourth-order valence-electron chi connectivity index (χ4n) is 3.72. The summed E-state index contributed by atoms with van der Waals surface area (Å²) in [5.41, 5.74) is 2.78. The van der Waals surface area contributed by atoms with E-state index in [2.05, 4.69) is 25.4 Å². The number of nitrogens with zero attached hydrogens (tertiary/aromatic N) is 5. The van der Waals surface area contributed by atoms with E-state index in [-0.39, 0.29) is 11.8 Å². The Kier molecular flexibility index (Phi) is 5.06. The molecule has 0 radical (unpaired) electrons. The van der Waals surface area contributed by atoms with Gasteiger partial charge >= 0.3 is 0 Å². The van der Waals surface area contributed by atoms with E-state index in [9.17, 15) is 4.79 Å². The minimum Gasteiger partial charge on any atom is -0.356 e. The van der Waals surface area contributed by atoms with Gasteiger partial charge in [0, 0.05) is 37.6 Å². The summed E-state index contributed by atoms with van der Waals surface area (Å²) < 4.78 is 1.87. The zero-order valence-electron chi connectivity index (χ0n) is 16.2. The van der Waals surface area contributed by atoms with Crippen molar-refractivity contribution in [3.63, 3.8) is 0 Å². The van der Waals surface area contributed by atoms with Crippen LogP contribution in [0.5, 0.6) is 0 Å². The monoisotopic (exact) mass is 376 g/mol. The molecule has 3 heterocycles. The molecule has 1 amide bonds. The van der Waals surface area contributed by atoms with Crippen LogP contribution < -0.4 is 10.2 Å². The quantitative estimate of drug-likeness (QED) is 0.757. The van der Waals surface area contributed by atoms with E-state index in [4.69, 9.17) is 0 Å². The molecule has 4 rings (SSSR count). The predicted molar refractivity (Wildman–Crippen MR) is 109 cm³/mol. The highest BCUT2D eigenvalue weighted by Crippen LogP contribution is 2.28. The number of hydrogen-bond donors (Lipinski definition) is 1. The van der Waals surface area contributed by atoms with Crippen molar-refractivity contribution < 1.29 is 4.79 Å². The number of nitrogens with one attached hydrogen (secondary N) is 1. The smallest absolute Gasteiger partial charge is 0.229 e. The number of benzene rings is 1. The molecule has 0 spiro atoms. The first kappa shape index (κ1) is 18.2. The van der Waals surface area contributed by atoms with E-state index in [1.54, 1.807) is 12.5 Å². The number of carbonyl (C=O) groups is 1. The van der Waals surface area contributed by atoms with E-state index >= 15 is 0 Å². The van der Waals surface area contributed by atoms with Crippen molar-refractivity contribution in [1.29, 1.82) is 0 Å². The average Bonchev–Trinajstić information content (AvgIpc) is 3.16. The highest BCUT2D eigenvalue weighted by molar-refractivity contribution is 5.94. The van der Waals surface area contributed by atoms with Crippen molar-refractivity contribution in [3.8, 4) is 11.4 Å². The second-order valence-corrected chi connectivity index (χ2v) is 7.21. The number of aromatic nitrogens is 4. The molecule has 1 aliphatic rings. The average molecular weight is 376 g/mol. The van der Waals surface area contributed by atoms with Gasteiger partial charge in [-0.2, -0.15) is 0 Å². The summed E-state index contributed by atoms with van der Waals surface area (Å²) in [6, 6.07) is 11.8. The Balaban J connectivity index is 1.50. The van der Waals surface area contributed by atoms with Crippen molar-refractivity contribution in [2.75, 3.05) is 23.3 Å². The number of hydrogen-bond acceptors (Lipinski definition) is 5. The molecule has 0 saturated carbocycles. The summed E-state index contributed by atoms with van der Waals surface area (Å²) in [6.07, 6.45) is 5.33. The number of piperidine rings is 1. The fraction of sp³-hybridized carbons (Fsp3) is 0.333. The van der Waals surface area contributed by atoms with E-state index < -0.39 is 0 Å². The van der Waals surface area contributed by atoms with Crippen LogP contribution in [0.1, 0.15) is 18.4 Å². The summed E-state index contributed by atoms with van der Waals surface area (Å²) in [7, 11) is 1.91. The molecule has 7 heteroatoms. The van der Waals surface area contributed by atoms with Crippen LogP contribution in [0.3, 0.4) is 0 Å². The molecule has 2 aromatic heterocycles. The lowest BCUT2D eigenvalue weighted by molar-refractivity contribution is -0.120. The Labute approximate surface area is 164 Å². The van der Waals surface area contributed by atoms with Gasteiger partial charge in [0.15, 0.2) is 5.82 Å². The Morgan fingerprint density at radius 3 is 2.86 bits per heavy atom. The molecule has 1 saturated heterocycles. The molecule has 7 nitrogen and oxygen atoms in total. The second-order valence-electron chi connectivity index (χ2n) is 7.21. The van der Waals surface area contributed by atoms with Gasteiger partial charge in [0.05, 0.1) is 5.92 Å². The van der Waals surface area contributed by atoms with Crippen molar-refractivity contribution >= 4 is 17.4 Å². The summed E-state index contributed by atoms with van der Waals surface area (Å²) in [4.78, 5) is 19.6. The number of rotatable bonds is 4. The number of carbonyl (C=O) groups excluding carboxylic acids is 1. The molecule has 3 aromatic rings. The molecule has 1 N–H and O–H groups in total. The Hall–Kier alpha value is -3.22. The Bertz CT molecular complexity index is 968. The molecule has 1 aliphatic heterocycles. The van der Waals surface area contributed by atoms with Gasteiger partial charge in [-0.05, 0) is 43.5 Å². The third-order valence-corrected chi connectivity index (χ3v) is 5.31. The maximum absolute atomic E-state index is 13.0. The number of pyridine rings is 1. The van der Waals surface area contributed by atoms with Crippen LogP contribution >= 0.6 is 0 Å². The lowest BCUT2D eigenvalue weighted by atomic mass is 9.96. The normalized spacial score (nSPS) is 16.8. The maximum Gasteiger partial charge on any atom is 0.229 e. The van der Waals surface area contributed by atoms with Gasteiger partial charge in [0.2, 0.25) is 5.91 Å². The molecular weight excluding hydrogens is 352 g/mol. The first-order valence-electron chi connectivity index (χ1n) is 9.54. The van der Waals surface area contributed by atoms with E-state index in [0.29, 0.717) is 6.54 Å². The molecule has 1 fully saturated rings. The highest BCUT2D eigenvalue weighted by Gasteiger charge is 2.27. The van der Waals surface area contributed by atoms with Gasteiger partial charge in [0.1, 0.15) is 12.1 Å². The topological polar surface area (TPSA) is 75.9 Å². The van der Waals surface area contributed by atoms with E-state index in [1.165, 1.54) is 0 Å². The molecule has 1 aromatic carbocycles. The Morgan fingerprint density at radius 2 is 2.11 bits per heavy atom. The zero-order chi connectivity index (χ0) is 19.5. The summed E-state index contributed by atoms with van der Waals surface area (Å²) in [5, 5.41) is 11.3. The zero-order valence-corrected chi connectivity index (χ0v) is 16.2. The fourth-order valence-corrected chi connectivity index (χ4v) is 3.72. The first-order chi connectivity index (χ1) is 13.6. The minimum atomic E-state index is -0.0614. The molecule has 0 aliphatic carbocycles. The van der Waals surface area contributed by atoms with Crippen LogP contribution in [-0.2, 0) is 11.8 Å². The van der Waals surface area contributed by atoms with Gasteiger partial charge in [-0.15, -0.1) is 10.2 Å². The van der Waals surface area contributed by atoms with Crippen molar-refractivity contribution in [2.45, 2.75) is 19.8 Å². The molecule has 1 atom stereocenters. The third-order valence-electron chi connectivity index (χ3n) is 5.31. The van der Waals surface area contributed by atoms with Crippen LogP contribution in [0.4, 0.5) is 11.5 Å². The maximum atomic E-state index is 13.0. The lowest BCUT2D eigenvalue weighted by Crippen LogP contribution is -2.41. The number of amides is 1. The van der Waals surface area contributed by atoms with Gasteiger partial charge in [0.25, 0.3) is 0 Å². The van der Waals surface area contributed by atoms with Crippen LogP contribution in [0, 0.1) is 12.8 Å². The van der Waals surface area contributed by atoms with Gasteiger partial charge in [-0.25, -0.2) is 4.98 Å². The van der Waals surface area contributed by atoms with E-state index in [1.807, 2.05) is 54.9 Å². The molecular formula is C21H24N6O. The highest BCUT2D eigenvalue weighted by atomic mass is 16.1.